The van der Waals surface area contributed by atoms with Crippen molar-refractivity contribution in [2.75, 3.05) is 5.73 Å². The standard InChI is InChI=1S/C11H9ClFN3O/c1-6-9(14)10(16-11(12)15-6)17-8-5-3-2-4-7(8)13/h2-5H,14H2,1H3. The molecule has 0 aliphatic rings. The van der Waals surface area contributed by atoms with Gasteiger partial charge in [0, 0.05) is 0 Å². The van der Waals surface area contributed by atoms with Crippen molar-refractivity contribution in [2.45, 2.75) is 6.92 Å². The molecule has 2 aromatic rings. The second-order valence-electron chi connectivity index (χ2n) is 3.33. The van der Waals surface area contributed by atoms with Gasteiger partial charge in [-0.2, -0.15) is 4.98 Å². The maximum atomic E-state index is 13.4. The van der Waals surface area contributed by atoms with Gasteiger partial charge in [-0.3, -0.25) is 0 Å². The summed E-state index contributed by atoms with van der Waals surface area (Å²) in [6.45, 7) is 1.66. The molecule has 0 spiro atoms. The number of benzene rings is 1. The first-order chi connectivity index (χ1) is 8.08. The Labute approximate surface area is 102 Å². The van der Waals surface area contributed by atoms with Gasteiger partial charge in [0.05, 0.1) is 5.69 Å². The normalized spacial score (nSPS) is 10.3. The van der Waals surface area contributed by atoms with Crippen LogP contribution in [-0.2, 0) is 0 Å². The summed E-state index contributed by atoms with van der Waals surface area (Å²) < 4.78 is 18.6. The Hall–Kier alpha value is -1.88. The SMILES string of the molecule is Cc1nc(Cl)nc(Oc2ccccc2F)c1N. The van der Waals surface area contributed by atoms with Crippen molar-refractivity contribution in [1.29, 1.82) is 0 Å². The van der Waals surface area contributed by atoms with Crippen LogP contribution in [0.2, 0.25) is 5.28 Å². The minimum Gasteiger partial charge on any atom is -0.434 e. The van der Waals surface area contributed by atoms with Gasteiger partial charge in [-0.15, -0.1) is 0 Å². The molecule has 1 heterocycles. The summed E-state index contributed by atoms with van der Waals surface area (Å²) in [6.07, 6.45) is 0. The predicted molar refractivity (Wildman–Crippen MR) is 62.7 cm³/mol. The molecule has 0 bridgehead atoms. The van der Waals surface area contributed by atoms with Crippen LogP contribution in [0.3, 0.4) is 0 Å². The lowest BCUT2D eigenvalue weighted by Crippen LogP contribution is -2.01. The quantitative estimate of drug-likeness (QED) is 0.836. The summed E-state index contributed by atoms with van der Waals surface area (Å²) in [7, 11) is 0. The number of nitrogens with zero attached hydrogens (tertiary/aromatic N) is 2. The Morgan fingerprint density at radius 2 is 2.00 bits per heavy atom. The van der Waals surface area contributed by atoms with E-state index in [4.69, 9.17) is 22.1 Å². The number of anilines is 1. The first-order valence-corrected chi connectivity index (χ1v) is 5.17. The maximum Gasteiger partial charge on any atom is 0.247 e. The van der Waals surface area contributed by atoms with Crippen LogP contribution in [0.1, 0.15) is 5.69 Å². The highest BCUT2D eigenvalue weighted by molar-refractivity contribution is 6.28. The van der Waals surface area contributed by atoms with Crippen LogP contribution in [0.5, 0.6) is 11.6 Å². The number of aromatic nitrogens is 2. The van der Waals surface area contributed by atoms with Crippen molar-refractivity contribution >= 4 is 17.3 Å². The van der Waals surface area contributed by atoms with Crippen LogP contribution in [0.25, 0.3) is 0 Å². The van der Waals surface area contributed by atoms with Crippen molar-refractivity contribution in [2.24, 2.45) is 0 Å². The number of aryl methyl sites for hydroxylation is 1. The molecule has 0 saturated carbocycles. The molecule has 17 heavy (non-hydrogen) atoms. The van der Waals surface area contributed by atoms with Gasteiger partial charge < -0.3 is 10.5 Å². The lowest BCUT2D eigenvalue weighted by Gasteiger charge is -2.09. The monoisotopic (exact) mass is 253 g/mol. The van der Waals surface area contributed by atoms with Gasteiger partial charge in [0.15, 0.2) is 11.6 Å². The Morgan fingerprint density at radius 1 is 1.29 bits per heavy atom. The molecule has 1 aromatic carbocycles. The fraction of sp³-hybridized carbons (Fsp3) is 0.0909. The summed E-state index contributed by atoms with van der Waals surface area (Å²) in [5.41, 5.74) is 6.43. The second-order valence-corrected chi connectivity index (χ2v) is 3.67. The first kappa shape index (κ1) is 11.6. The van der Waals surface area contributed by atoms with E-state index in [1.165, 1.54) is 12.1 Å². The molecule has 0 fully saturated rings. The fourth-order valence-electron chi connectivity index (χ4n) is 1.23. The third kappa shape index (κ3) is 2.45. The number of para-hydroxylation sites is 1. The van der Waals surface area contributed by atoms with Crippen LogP contribution in [0, 0.1) is 12.7 Å². The van der Waals surface area contributed by atoms with Crippen LogP contribution in [0.4, 0.5) is 10.1 Å². The van der Waals surface area contributed by atoms with Gasteiger partial charge in [-0.25, -0.2) is 9.37 Å². The van der Waals surface area contributed by atoms with E-state index in [1.807, 2.05) is 0 Å². The molecule has 0 radical (unpaired) electrons. The fourth-order valence-corrected chi connectivity index (χ4v) is 1.44. The molecule has 0 unspecified atom stereocenters. The first-order valence-electron chi connectivity index (χ1n) is 4.80. The Bertz CT molecular complexity index is 562. The minimum absolute atomic E-state index is 0.00281. The Morgan fingerprint density at radius 3 is 2.71 bits per heavy atom. The summed E-state index contributed by atoms with van der Waals surface area (Å²) >= 11 is 5.68. The molecule has 0 aliphatic carbocycles. The molecular weight excluding hydrogens is 245 g/mol. The lowest BCUT2D eigenvalue weighted by atomic mass is 10.3. The third-order valence-electron chi connectivity index (χ3n) is 2.12. The highest BCUT2D eigenvalue weighted by Crippen LogP contribution is 2.29. The van der Waals surface area contributed by atoms with E-state index in [0.29, 0.717) is 5.69 Å². The largest absolute Gasteiger partial charge is 0.434 e. The van der Waals surface area contributed by atoms with Crippen LogP contribution in [-0.4, -0.2) is 9.97 Å². The summed E-state index contributed by atoms with van der Waals surface area (Å²) in [5.74, 6) is -0.416. The van der Waals surface area contributed by atoms with Gasteiger partial charge >= 0.3 is 0 Å². The van der Waals surface area contributed by atoms with Crippen molar-refractivity contribution in [3.8, 4) is 11.6 Å². The van der Waals surface area contributed by atoms with Gasteiger partial charge in [0.1, 0.15) is 5.69 Å². The number of halogens is 2. The molecule has 4 nitrogen and oxygen atoms in total. The third-order valence-corrected chi connectivity index (χ3v) is 2.29. The molecule has 2 rings (SSSR count). The molecule has 88 valence electrons. The zero-order valence-electron chi connectivity index (χ0n) is 8.95. The van der Waals surface area contributed by atoms with E-state index in [0.717, 1.165) is 0 Å². The molecular formula is C11H9ClFN3O. The van der Waals surface area contributed by atoms with E-state index in [9.17, 15) is 4.39 Å². The predicted octanol–water partition coefficient (Wildman–Crippen LogP) is 2.95. The van der Waals surface area contributed by atoms with Gasteiger partial charge in [-0.05, 0) is 30.7 Å². The van der Waals surface area contributed by atoms with Crippen LogP contribution < -0.4 is 10.5 Å². The van der Waals surface area contributed by atoms with Crippen molar-refractivity contribution in [1.82, 2.24) is 9.97 Å². The smallest absolute Gasteiger partial charge is 0.247 e. The van der Waals surface area contributed by atoms with E-state index < -0.39 is 5.82 Å². The zero-order valence-corrected chi connectivity index (χ0v) is 9.70. The molecule has 0 saturated heterocycles. The summed E-state index contributed by atoms with van der Waals surface area (Å²) in [4.78, 5) is 7.66. The highest BCUT2D eigenvalue weighted by atomic mass is 35.5. The summed E-state index contributed by atoms with van der Waals surface area (Å²) in [6, 6.07) is 5.95. The van der Waals surface area contributed by atoms with Gasteiger partial charge in [0.25, 0.3) is 0 Å². The van der Waals surface area contributed by atoms with Crippen LogP contribution >= 0.6 is 11.6 Å². The topological polar surface area (TPSA) is 61.0 Å². The molecule has 0 aliphatic heterocycles. The number of ether oxygens (including phenoxy) is 1. The lowest BCUT2D eigenvalue weighted by molar-refractivity contribution is 0.428. The Balaban J connectivity index is 2.40. The van der Waals surface area contributed by atoms with Crippen molar-refractivity contribution < 1.29 is 9.13 Å². The van der Waals surface area contributed by atoms with Crippen molar-refractivity contribution in [3.63, 3.8) is 0 Å². The van der Waals surface area contributed by atoms with Gasteiger partial charge in [0.2, 0.25) is 11.2 Å². The summed E-state index contributed by atoms with van der Waals surface area (Å²) in [5, 5.41) is 0.00281. The number of rotatable bonds is 2. The maximum absolute atomic E-state index is 13.4. The number of hydrogen-bond donors (Lipinski definition) is 1. The van der Waals surface area contributed by atoms with E-state index in [2.05, 4.69) is 9.97 Å². The molecule has 0 amide bonds. The van der Waals surface area contributed by atoms with Crippen LogP contribution in [0.15, 0.2) is 24.3 Å². The average Bonchev–Trinajstić information content (AvgIpc) is 2.28. The molecule has 6 heteroatoms. The second kappa shape index (κ2) is 4.55. The molecule has 0 atom stereocenters. The van der Waals surface area contributed by atoms with Gasteiger partial charge in [-0.1, -0.05) is 12.1 Å². The Kier molecular flexibility index (Phi) is 3.10. The number of hydrogen-bond acceptors (Lipinski definition) is 4. The highest BCUT2D eigenvalue weighted by Gasteiger charge is 2.11. The number of nitrogens with two attached hydrogens (primary N) is 1. The average molecular weight is 254 g/mol. The molecule has 1 aromatic heterocycles. The van der Waals surface area contributed by atoms with E-state index >= 15 is 0 Å². The number of nitrogen functional groups attached to an aromatic ring is 1. The molecule has 2 N–H and O–H groups in total. The van der Waals surface area contributed by atoms with E-state index in [1.54, 1.807) is 19.1 Å². The zero-order chi connectivity index (χ0) is 12.4. The van der Waals surface area contributed by atoms with Crippen molar-refractivity contribution in [3.05, 3.63) is 41.1 Å². The minimum atomic E-state index is -0.501. The van der Waals surface area contributed by atoms with E-state index in [-0.39, 0.29) is 22.6 Å².